The van der Waals surface area contributed by atoms with Crippen LogP contribution >= 0.6 is 0 Å². The van der Waals surface area contributed by atoms with Gasteiger partial charge in [-0.05, 0) is 12.3 Å². The molecular formula is C10H18N4. The molecule has 2 N–H and O–H groups in total. The average molecular weight is 194 g/mol. The van der Waals surface area contributed by atoms with Crippen molar-refractivity contribution in [1.29, 1.82) is 0 Å². The average Bonchev–Trinajstić information content (AvgIpc) is 2.56. The Morgan fingerprint density at radius 2 is 2.21 bits per heavy atom. The second kappa shape index (κ2) is 3.35. The molecule has 2 atom stereocenters. The first kappa shape index (κ1) is 9.65. The van der Waals surface area contributed by atoms with E-state index >= 15 is 0 Å². The first-order valence-corrected chi connectivity index (χ1v) is 5.29. The number of aryl methyl sites for hydroxylation is 1. The minimum absolute atomic E-state index is 0.0590. The molecule has 2 unspecified atom stereocenters. The van der Waals surface area contributed by atoms with Gasteiger partial charge in [-0.15, -0.1) is 0 Å². The fourth-order valence-electron chi connectivity index (χ4n) is 1.79. The predicted molar refractivity (Wildman–Crippen MR) is 54.8 cm³/mol. The number of fused-ring (bicyclic) bond motifs is 1. The van der Waals surface area contributed by atoms with Crippen LogP contribution in [0.4, 0.5) is 0 Å². The lowest BCUT2D eigenvalue weighted by molar-refractivity contribution is 0.323. The van der Waals surface area contributed by atoms with Crippen LogP contribution in [0, 0.1) is 5.92 Å². The van der Waals surface area contributed by atoms with Gasteiger partial charge in [0.15, 0.2) is 5.82 Å². The molecule has 2 rings (SSSR count). The van der Waals surface area contributed by atoms with Crippen molar-refractivity contribution in [3.63, 3.8) is 0 Å². The smallest absolute Gasteiger partial charge is 0.153 e. The maximum Gasteiger partial charge on any atom is 0.153 e. The normalized spacial score (nSPS) is 26.6. The summed E-state index contributed by atoms with van der Waals surface area (Å²) in [5.74, 6) is 2.79. The monoisotopic (exact) mass is 194 g/mol. The van der Waals surface area contributed by atoms with Crippen molar-refractivity contribution in [3.8, 4) is 0 Å². The van der Waals surface area contributed by atoms with Crippen LogP contribution in [0.5, 0.6) is 0 Å². The number of rotatable bonds is 1. The molecular weight excluding hydrogens is 176 g/mol. The Balaban J connectivity index is 2.36. The van der Waals surface area contributed by atoms with Crippen molar-refractivity contribution in [1.82, 2.24) is 14.8 Å². The maximum atomic E-state index is 6.08. The van der Waals surface area contributed by atoms with Crippen LogP contribution in [-0.2, 0) is 6.54 Å². The minimum Gasteiger partial charge on any atom is -0.321 e. The molecule has 78 valence electrons. The first-order chi connectivity index (χ1) is 6.59. The molecule has 0 saturated heterocycles. The van der Waals surface area contributed by atoms with Gasteiger partial charge in [-0.3, -0.25) is 0 Å². The Morgan fingerprint density at radius 1 is 1.50 bits per heavy atom. The van der Waals surface area contributed by atoms with Crippen LogP contribution < -0.4 is 5.73 Å². The van der Waals surface area contributed by atoms with Crippen molar-refractivity contribution in [2.75, 3.05) is 0 Å². The van der Waals surface area contributed by atoms with Crippen molar-refractivity contribution in [3.05, 3.63) is 11.6 Å². The highest BCUT2D eigenvalue weighted by molar-refractivity contribution is 5.04. The quantitative estimate of drug-likeness (QED) is 0.736. The number of nitrogens with two attached hydrogens (primary N) is 1. The van der Waals surface area contributed by atoms with Gasteiger partial charge in [0, 0.05) is 12.5 Å². The highest BCUT2D eigenvalue weighted by Gasteiger charge is 2.27. The molecule has 4 heteroatoms. The molecule has 0 amide bonds. The molecule has 0 spiro atoms. The van der Waals surface area contributed by atoms with E-state index < -0.39 is 0 Å². The van der Waals surface area contributed by atoms with Crippen molar-refractivity contribution >= 4 is 0 Å². The molecule has 1 aliphatic heterocycles. The zero-order valence-corrected chi connectivity index (χ0v) is 9.07. The molecule has 4 nitrogen and oxygen atoms in total. The van der Waals surface area contributed by atoms with Gasteiger partial charge in [0.1, 0.15) is 5.82 Å². The second-order valence-electron chi connectivity index (χ2n) is 4.50. The maximum absolute atomic E-state index is 6.08. The Labute approximate surface area is 84.5 Å². The molecule has 2 heterocycles. The Bertz CT molecular complexity index is 329. The Morgan fingerprint density at radius 3 is 2.86 bits per heavy atom. The Kier molecular flexibility index (Phi) is 2.31. The number of aromatic nitrogens is 3. The molecule has 0 aliphatic carbocycles. The topological polar surface area (TPSA) is 56.7 Å². The molecule has 1 aromatic rings. The van der Waals surface area contributed by atoms with E-state index in [0.717, 1.165) is 24.6 Å². The predicted octanol–water partition coefficient (Wildman–Crippen LogP) is 1.44. The van der Waals surface area contributed by atoms with E-state index in [1.807, 2.05) is 4.68 Å². The minimum atomic E-state index is 0.0590. The van der Waals surface area contributed by atoms with Gasteiger partial charge < -0.3 is 5.73 Å². The molecule has 0 fully saturated rings. The fourth-order valence-corrected chi connectivity index (χ4v) is 1.79. The summed E-state index contributed by atoms with van der Waals surface area (Å²) in [6.07, 6.45) is 1.11. The summed E-state index contributed by atoms with van der Waals surface area (Å²) in [6, 6.07) is 0.0590. The van der Waals surface area contributed by atoms with Crippen LogP contribution in [0.2, 0.25) is 0 Å². The van der Waals surface area contributed by atoms with E-state index in [4.69, 9.17) is 5.73 Å². The van der Waals surface area contributed by atoms with Crippen LogP contribution in [0.25, 0.3) is 0 Å². The third kappa shape index (κ3) is 1.43. The number of hydrogen-bond acceptors (Lipinski definition) is 3. The first-order valence-electron chi connectivity index (χ1n) is 5.29. The van der Waals surface area contributed by atoms with E-state index in [-0.39, 0.29) is 6.04 Å². The molecule has 1 aromatic heterocycles. The Hall–Kier alpha value is -0.900. The summed E-state index contributed by atoms with van der Waals surface area (Å²) < 4.78 is 1.97. The van der Waals surface area contributed by atoms with E-state index in [2.05, 4.69) is 30.9 Å². The van der Waals surface area contributed by atoms with E-state index in [0.29, 0.717) is 11.8 Å². The standard InChI is InChI=1S/C10H18N4/c1-6(2)9-12-10-8(11)7(3)4-5-14(10)13-9/h6-8H,4-5,11H2,1-3H3. The largest absolute Gasteiger partial charge is 0.321 e. The van der Waals surface area contributed by atoms with Gasteiger partial charge >= 0.3 is 0 Å². The third-order valence-electron chi connectivity index (χ3n) is 2.94. The highest BCUT2D eigenvalue weighted by Crippen LogP contribution is 2.27. The van der Waals surface area contributed by atoms with Crippen LogP contribution in [0.1, 0.15) is 50.8 Å². The highest BCUT2D eigenvalue weighted by atomic mass is 15.4. The summed E-state index contributed by atoms with van der Waals surface area (Å²) in [4.78, 5) is 4.51. The number of nitrogens with zero attached hydrogens (tertiary/aromatic N) is 3. The van der Waals surface area contributed by atoms with Crippen LogP contribution in [0.15, 0.2) is 0 Å². The van der Waals surface area contributed by atoms with E-state index in [1.165, 1.54) is 0 Å². The molecule has 0 saturated carbocycles. The summed E-state index contributed by atoms with van der Waals surface area (Å²) in [5.41, 5.74) is 6.08. The molecule has 14 heavy (non-hydrogen) atoms. The van der Waals surface area contributed by atoms with Gasteiger partial charge in [-0.25, -0.2) is 9.67 Å². The van der Waals surface area contributed by atoms with E-state index in [9.17, 15) is 0 Å². The lowest BCUT2D eigenvalue weighted by Gasteiger charge is -2.24. The second-order valence-corrected chi connectivity index (χ2v) is 4.50. The summed E-state index contributed by atoms with van der Waals surface area (Å²) in [7, 11) is 0. The van der Waals surface area contributed by atoms with Gasteiger partial charge in [0.25, 0.3) is 0 Å². The van der Waals surface area contributed by atoms with E-state index in [1.54, 1.807) is 0 Å². The van der Waals surface area contributed by atoms with Crippen LogP contribution in [0.3, 0.4) is 0 Å². The summed E-state index contributed by atoms with van der Waals surface area (Å²) in [5, 5.41) is 4.46. The van der Waals surface area contributed by atoms with Crippen LogP contribution in [-0.4, -0.2) is 14.8 Å². The van der Waals surface area contributed by atoms with Crippen molar-refractivity contribution < 1.29 is 0 Å². The lowest BCUT2D eigenvalue weighted by atomic mass is 9.95. The summed E-state index contributed by atoms with van der Waals surface area (Å²) in [6.45, 7) is 7.36. The molecule has 0 bridgehead atoms. The number of hydrogen-bond donors (Lipinski definition) is 1. The summed E-state index contributed by atoms with van der Waals surface area (Å²) >= 11 is 0. The van der Waals surface area contributed by atoms with Crippen molar-refractivity contribution in [2.24, 2.45) is 11.7 Å². The zero-order valence-electron chi connectivity index (χ0n) is 9.07. The van der Waals surface area contributed by atoms with Gasteiger partial charge in [0.2, 0.25) is 0 Å². The fraction of sp³-hybridized carbons (Fsp3) is 0.800. The van der Waals surface area contributed by atoms with Gasteiger partial charge in [-0.2, -0.15) is 5.10 Å². The molecule has 0 radical (unpaired) electrons. The van der Waals surface area contributed by atoms with Gasteiger partial charge in [0.05, 0.1) is 6.04 Å². The SMILES string of the molecule is CC(C)c1nc2n(n1)CCC(C)C2N. The van der Waals surface area contributed by atoms with Crippen molar-refractivity contribution in [2.45, 2.75) is 45.7 Å². The lowest BCUT2D eigenvalue weighted by Crippen LogP contribution is -2.29. The van der Waals surface area contributed by atoms with Gasteiger partial charge in [-0.1, -0.05) is 20.8 Å². The third-order valence-corrected chi connectivity index (χ3v) is 2.94. The molecule has 0 aromatic carbocycles. The molecule has 1 aliphatic rings. The zero-order chi connectivity index (χ0) is 10.3.